The predicted octanol–water partition coefficient (Wildman–Crippen LogP) is 3.20. The number of ether oxygens (including phenoxy) is 1. The summed E-state index contributed by atoms with van der Waals surface area (Å²) < 4.78 is 5.83. The SMILES string of the molecule is Cc1cc(OCCN2CC(O)(C(C)C)C2)ccc1C(C)C. The predicted molar refractivity (Wildman–Crippen MR) is 87.0 cm³/mol. The maximum Gasteiger partial charge on any atom is 0.119 e. The Hall–Kier alpha value is -1.06. The molecule has 0 spiro atoms. The summed E-state index contributed by atoms with van der Waals surface area (Å²) in [6.45, 7) is 13.8. The van der Waals surface area contributed by atoms with E-state index in [9.17, 15) is 5.11 Å². The van der Waals surface area contributed by atoms with Crippen molar-refractivity contribution >= 4 is 0 Å². The number of likely N-dealkylation sites (tertiary alicyclic amines) is 1. The van der Waals surface area contributed by atoms with Crippen LogP contribution in [0.4, 0.5) is 0 Å². The zero-order chi connectivity index (χ0) is 15.6. The molecule has 1 aromatic rings. The normalized spacial score (nSPS) is 18.1. The number of nitrogens with zero attached hydrogens (tertiary/aromatic N) is 1. The van der Waals surface area contributed by atoms with Gasteiger partial charge in [-0.25, -0.2) is 0 Å². The number of aryl methyl sites for hydroxylation is 1. The van der Waals surface area contributed by atoms with Crippen molar-refractivity contribution in [3.05, 3.63) is 29.3 Å². The number of benzene rings is 1. The van der Waals surface area contributed by atoms with E-state index in [0.717, 1.165) is 25.4 Å². The van der Waals surface area contributed by atoms with Gasteiger partial charge in [0, 0.05) is 19.6 Å². The molecule has 21 heavy (non-hydrogen) atoms. The molecule has 3 nitrogen and oxygen atoms in total. The van der Waals surface area contributed by atoms with Crippen LogP contribution in [0.15, 0.2) is 18.2 Å². The first kappa shape index (κ1) is 16.3. The second-order valence-corrected chi connectivity index (χ2v) is 6.99. The Kier molecular flexibility index (Phi) is 4.95. The van der Waals surface area contributed by atoms with Gasteiger partial charge in [0.05, 0.1) is 5.60 Å². The van der Waals surface area contributed by atoms with Crippen LogP contribution in [0.3, 0.4) is 0 Å². The lowest BCUT2D eigenvalue weighted by Gasteiger charge is -2.49. The highest BCUT2D eigenvalue weighted by atomic mass is 16.5. The number of β-amino-alcohol motifs (C(OH)–C–C–N with tert-alkyl or cyclic N) is 1. The fourth-order valence-corrected chi connectivity index (χ4v) is 2.93. The van der Waals surface area contributed by atoms with Gasteiger partial charge >= 0.3 is 0 Å². The summed E-state index contributed by atoms with van der Waals surface area (Å²) in [5.41, 5.74) is 2.18. The van der Waals surface area contributed by atoms with Crippen molar-refractivity contribution < 1.29 is 9.84 Å². The zero-order valence-corrected chi connectivity index (χ0v) is 14.0. The van der Waals surface area contributed by atoms with Gasteiger partial charge in [-0.3, -0.25) is 4.90 Å². The van der Waals surface area contributed by atoms with Crippen molar-refractivity contribution in [2.24, 2.45) is 5.92 Å². The fourth-order valence-electron chi connectivity index (χ4n) is 2.93. The topological polar surface area (TPSA) is 32.7 Å². The van der Waals surface area contributed by atoms with Gasteiger partial charge in [-0.1, -0.05) is 33.8 Å². The van der Waals surface area contributed by atoms with Crippen LogP contribution in [-0.4, -0.2) is 41.8 Å². The molecule has 118 valence electrons. The molecule has 1 N–H and O–H groups in total. The molecule has 1 aliphatic rings. The van der Waals surface area contributed by atoms with Gasteiger partial charge in [-0.15, -0.1) is 0 Å². The molecule has 0 amide bonds. The Morgan fingerprint density at radius 2 is 1.90 bits per heavy atom. The summed E-state index contributed by atoms with van der Waals surface area (Å²) in [7, 11) is 0. The Morgan fingerprint density at radius 1 is 1.24 bits per heavy atom. The summed E-state index contributed by atoms with van der Waals surface area (Å²) in [5, 5.41) is 10.2. The van der Waals surface area contributed by atoms with Gasteiger partial charge in [0.1, 0.15) is 12.4 Å². The minimum absolute atomic E-state index is 0.320. The quantitative estimate of drug-likeness (QED) is 0.873. The van der Waals surface area contributed by atoms with Gasteiger partial charge in [-0.2, -0.15) is 0 Å². The molecule has 0 radical (unpaired) electrons. The maximum absolute atomic E-state index is 10.2. The summed E-state index contributed by atoms with van der Waals surface area (Å²) >= 11 is 0. The third-order valence-corrected chi connectivity index (χ3v) is 4.61. The van der Waals surface area contributed by atoms with Crippen molar-refractivity contribution in [1.82, 2.24) is 4.90 Å². The van der Waals surface area contributed by atoms with Crippen LogP contribution in [0, 0.1) is 12.8 Å². The van der Waals surface area contributed by atoms with Crippen molar-refractivity contribution in [3.8, 4) is 5.75 Å². The minimum atomic E-state index is -0.491. The van der Waals surface area contributed by atoms with Crippen LogP contribution < -0.4 is 4.74 Å². The molecular formula is C18H29NO2. The van der Waals surface area contributed by atoms with E-state index < -0.39 is 5.60 Å². The lowest BCUT2D eigenvalue weighted by molar-refractivity contribution is -0.129. The molecule has 1 heterocycles. The number of rotatable bonds is 6. The molecule has 3 heteroatoms. The smallest absolute Gasteiger partial charge is 0.119 e. The molecule has 0 bridgehead atoms. The highest BCUT2D eigenvalue weighted by Gasteiger charge is 2.43. The monoisotopic (exact) mass is 291 g/mol. The largest absolute Gasteiger partial charge is 0.492 e. The molecule has 0 unspecified atom stereocenters. The van der Waals surface area contributed by atoms with Crippen LogP contribution in [0.5, 0.6) is 5.75 Å². The van der Waals surface area contributed by atoms with Crippen LogP contribution in [0.25, 0.3) is 0 Å². The highest BCUT2D eigenvalue weighted by Crippen LogP contribution is 2.28. The molecule has 1 fully saturated rings. The Morgan fingerprint density at radius 3 is 2.43 bits per heavy atom. The van der Waals surface area contributed by atoms with E-state index in [4.69, 9.17) is 4.74 Å². The van der Waals surface area contributed by atoms with Gasteiger partial charge in [0.25, 0.3) is 0 Å². The first-order valence-corrected chi connectivity index (χ1v) is 8.00. The Labute approximate surface area is 128 Å². The number of aliphatic hydroxyl groups is 1. The van der Waals surface area contributed by atoms with Crippen LogP contribution >= 0.6 is 0 Å². The van der Waals surface area contributed by atoms with Gasteiger partial charge in [-0.05, 0) is 42.0 Å². The molecule has 0 aromatic heterocycles. The van der Waals surface area contributed by atoms with Gasteiger partial charge in [0.15, 0.2) is 0 Å². The lowest BCUT2D eigenvalue weighted by atomic mass is 9.83. The average Bonchev–Trinajstić information content (AvgIpc) is 2.35. The van der Waals surface area contributed by atoms with Gasteiger partial charge < -0.3 is 9.84 Å². The standard InChI is InChI=1S/C18H29NO2/c1-13(2)17-7-6-16(10-15(17)5)21-9-8-19-11-18(20,12-19)14(3)4/h6-7,10,13-14,20H,8-9,11-12H2,1-5H3. The molecule has 0 atom stereocenters. The summed E-state index contributed by atoms with van der Waals surface area (Å²) in [6.07, 6.45) is 0. The molecule has 1 aliphatic heterocycles. The van der Waals surface area contributed by atoms with E-state index in [0.29, 0.717) is 18.4 Å². The van der Waals surface area contributed by atoms with Crippen LogP contribution in [-0.2, 0) is 0 Å². The molecule has 0 aliphatic carbocycles. The summed E-state index contributed by atoms with van der Waals surface area (Å²) in [6, 6.07) is 6.34. The van der Waals surface area contributed by atoms with Crippen LogP contribution in [0.1, 0.15) is 44.7 Å². The third kappa shape index (κ3) is 3.78. The summed E-state index contributed by atoms with van der Waals surface area (Å²) in [5.74, 6) is 1.81. The van der Waals surface area contributed by atoms with Crippen molar-refractivity contribution in [2.75, 3.05) is 26.2 Å². The minimum Gasteiger partial charge on any atom is -0.492 e. The van der Waals surface area contributed by atoms with E-state index in [1.165, 1.54) is 11.1 Å². The van der Waals surface area contributed by atoms with Crippen LogP contribution in [0.2, 0.25) is 0 Å². The Balaban J connectivity index is 1.76. The highest BCUT2D eigenvalue weighted by molar-refractivity contribution is 5.36. The van der Waals surface area contributed by atoms with Crippen molar-refractivity contribution in [3.63, 3.8) is 0 Å². The Bertz CT molecular complexity index is 476. The second-order valence-electron chi connectivity index (χ2n) is 6.99. The van der Waals surface area contributed by atoms with E-state index in [2.05, 4.69) is 57.7 Å². The molecule has 2 rings (SSSR count). The fraction of sp³-hybridized carbons (Fsp3) is 0.667. The maximum atomic E-state index is 10.2. The van der Waals surface area contributed by atoms with E-state index in [-0.39, 0.29) is 0 Å². The van der Waals surface area contributed by atoms with E-state index >= 15 is 0 Å². The summed E-state index contributed by atoms with van der Waals surface area (Å²) in [4.78, 5) is 2.25. The number of hydrogen-bond donors (Lipinski definition) is 1. The average molecular weight is 291 g/mol. The molecule has 1 saturated heterocycles. The van der Waals surface area contributed by atoms with Crippen molar-refractivity contribution in [1.29, 1.82) is 0 Å². The molecule has 0 saturated carbocycles. The van der Waals surface area contributed by atoms with Crippen molar-refractivity contribution in [2.45, 2.75) is 46.1 Å². The van der Waals surface area contributed by atoms with Gasteiger partial charge in [0.2, 0.25) is 0 Å². The molecular weight excluding hydrogens is 262 g/mol. The van der Waals surface area contributed by atoms with E-state index in [1.807, 2.05) is 0 Å². The van der Waals surface area contributed by atoms with E-state index in [1.54, 1.807) is 0 Å². The first-order chi connectivity index (χ1) is 9.82. The third-order valence-electron chi connectivity index (χ3n) is 4.61. The number of hydrogen-bond acceptors (Lipinski definition) is 3. The molecule has 1 aromatic carbocycles. The second kappa shape index (κ2) is 6.37. The zero-order valence-electron chi connectivity index (χ0n) is 14.0. The first-order valence-electron chi connectivity index (χ1n) is 8.00. The lowest BCUT2D eigenvalue weighted by Crippen LogP contribution is -2.64.